The van der Waals surface area contributed by atoms with E-state index in [1.54, 1.807) is 0 Å². The Morgan fingerprint density at radius 2 is 1.81 bits per heavy atom. The zero-order chi connectivity index (χ0) is 22.5. The van der Waals surface area contributed by atoms with Crippen molar-refractivity contribution < 1.29 is 26.3 Å². The Hall–Kier alpha value is -2.70. The average molecular weight is 467 g/mol. The van der Waals surface area contributed by atoms with E-state index in [2.05, 4.69) is 9.97 Å². The lowest BCUT2D eigenvalue weighted by atomic mass is 9.99. The van der Waals surface area contributed by atoms with Gasteiger partial charge in [-0.1, -0.05) is 18.2 Å². The Labute approximate surface area is 182 Å². The number of para-hydroxylation sites is 1. The van der Waals surface area contributed by atoms with Crippen molar-refractivity contribution in [1.82, 2.24) is 19.3 Å². The van der Waals surface area contributed by atoms with Crippen molar-refractivity contribution in [2.45, 2.75) is 18.5 Å². The highest BCUT2D eigenvalue weighted by Gasteiger charge is 2.50. The maximum atomic E-state index is 13.2. The van der Waals surface area contributed by atoms with Crippen LogP contribution in [-0.4, -0.2) is 66.0 Å². The number of benzene rings is 1. The molecule has 8 nitrogen and oxygen atoms in total. The Kier molecular flexibility index (Phi) is 5.10. The smallest absolute Gasteiger partial charge is 0.378 e. The first-order valence-corrected chi connectivity index (χ1v) is 11.5. The highest BCUT2D eigenvalue weighted by Crippen LogP contribution is 2.36. The number of nitrogens with one attached hydrogen (secondary N) is 1. The van der Waals surface area contributed by atoms with E-state index in [0.717, 1.165) is 16.5 Å². The third-order valence-corrected chi connectivity index (χ3v) is 7.37. The fourth-order valence-electron chi connectivity index (χ4n) is 4.14. The minimum Gasteiger partial charge on any atom is -0.378 e. The van der Waals surface area contributed by atoms with Gasteiger partial charge in [0.15, 0.2) is 0 Å². The minimum atomic E-state index is -5.45. The normalized spacial score (nSPS) is 18.2. The van der Waals surface area contributed by atoms with E-state index in [-0.39, 0.29) is 13.0 Å². The van der Waals surface area contributed by atoms with Gasteiger partial charge in [-0.2, -0.15) is 17.5 Å². The van der Waals surface area contributed by atoms with Gasteiger partial charge in [0.05, 0.1) is 31.1 Å². The Bertz CT molecular complexity index is 1270. The van der Waals surface area contributed by atoms with E-state index in [1.165, 1.54) is 0 Å². The second-order valence-corrected chi connectivity index (χ2v) is 9.61. The molecule has 0 amide bonds. The van der Waals surface area contributed by atoms with Crippen LogP contribution in [0, 0.1) is 0 Å². The summed E-state index contributed by atoms with van der Waals surface area (Å²) in [5.74, 6) is 0.360. The summed E-state index contributed by atoms with van der Waals surface area (Å²) in [6.07, 6.45) is 1.90. The maximum Gasteiger partial charge on any atom is 0.511 e. The number of hydrogen-bond donors (Lipinski definition) is 1. The largest absolute Gasteiger partial charge is 0.511 e. The molecular weight excluding hydrogens is 447 g/mol. The zero-order valence-electron chi connectivity index (χ0n) is 16.9. The lowest BCUT2D eigenvalue weighted by Crippen LogP contribution is -2.44. The van der Waals surface area contributed by atoms with Crippen LogP contribution >= 0.6 is 0 Å². The number of hydrogen-bond acceptors (Lipinski definition) is 6. The van der Waals surface area contributed by atoms with Gasteiger partial charge in [0.25, 0.3) is 0 Å². The number of ether oxygens (including phenoxy) is 1. The Balaban J connectivity index is 1.64. The lowest BCUT2D eigenvalue weighted by molar-refractivity contribution is -0.0493. The number of sulfonamides is 1. The summed E-state index contributed by atoms with van der Waals surface area (Å²) in [6.45, 7) is 1.30. The van der Waals surface area contributed by atoms with Crippen LogP contribution in [0.2, 0.25) is 0 Å². The van der Waals surface area contributed by atoms with Crippen molar-refractivity contribution in [3.8, 4) is 11.3 Å². The Morgan fingerprint density at radius 3 is 2.56 bits per heavy atom. The van der Waals surface area contributed by atoms with Gasteiger partial charge in [-0.3, -0.25) is 0 Å². The molecule has 1 aromatic carbocycles. The van der Waals surface area contributed by atoms with Gasteiger partial charge < -0.3 is 14.6 Å². The first-order chi connectivity index (χ1) is 15.3. The molecular formula is C20H20F3N5O3S. The fraction of sp³-hybridized carbons (Fsp3) is 0.400. The average Bonchev–Trinajstić information content (AvgIpc) is 3.22. The fourth-order valence-corrected chi connectivity index (χ4v) is 5.06. The standard InChI is InChI=1S/C20H20F3N5O3S/c21-20(22,23)32(29,30)28-6-5-14-17(12-28)25-19(27-7-9-31-10-8-27)26-18(14)15-11-24-16-4-2-1-3-13(15)16/h1-4,11,24H,5-10,12H2. The minimum absolute atomic E-state index is 0.0862. The first-order valence-electron chi connectivity index (χ1n) is 10.1. The van der Waals surface area contributed by atoms with Gasteiger partial charge in [0, 0.05) is 47.9 Å². The summed E-state index contributed by atoms with van der Waals surface area (Å²) in [5.41, 5.74) is -2.08. The maximum absolute atomic E-state index is 13.2. The molecule has 0 unspecified atom stereocenters. The summed E-state index contributed by atoms with van der Waals surface area (Å²) >= 11 is 0. The highest BCUT2D eigenvalue weighted by molar-refractivity contribution is 7.89. The molecule has 0 aliphatic carbocycles. The van der Waals surface area contributed by atoms with E-state index >= 15 is 0 Å². The second-order valence-electron chi connectivity index (χ2n) is 7.68. The molecule has 2 aliphatic heterocycles. The van der Waals surface area contributed by atoms with Crippen LogP contribution in [0.4, 0.5) is 19.1 Å². The quantitative estimate of drug-likeness (QED) is 0.637. The van der Waals surface area contributed by atoms with Crippen molar-refractivity contribution in [3.63, 3.8) is 0 Å². The molecule has 4 heterocycles. The number of morpholine rings is 1. The molecule has 0 spiro atoms. The van der Waals surface area contributed by atoms with Crippen LogP contribution < -0.4 is 4.90 Å². The predicted octanol–water partition coefficient (Wildman–Crippen LogP) is 2.67. The molecule has 1 N–H and O–H groups in total. The van der Waals surface area contributed by atoms with Crippen molar-refractivity contribution in [1.29, 1.82) is 0 Å². The van der Waals surface area contributed by atoms with Gasteiger partial charge in [-0.15, -0.1) is 0 Å². The number of fused-ring (bicyclic) bond motifs is 2. The molecule has 0 saturated carbocycles. The summed E-state index contributed by atoms with van der Waals surface area (Å²) in [6, 6.07) is 7.66. The molecule has 12 heteroatoms. The topological polar surface area (TPSA) is 91.4 Å². The molecule has 2 aliphatic rings. The molecule has 5 rings (SSSR count). The molecule has 0 bridgehead atoms. The second kappa shape index (κ2) is 7.71. The van der Waals surface area contributed by atoms with Crippen molar-refractivity contribution in [3.05, 3.63) is 41.7 Å². The van der Waals surface area contributed by atoms with E-state index in [9.17, 15) is 21.6 Å². The van der Waals surface area contributed by atoms with E-state index in [1.807, 2.05) is 35.4 Å². The molecule has 1 fully saturated rings. The van der Waals surface area contributed by atoms with Crippen LogP contribution in [0.3, 0.4) is 0 Å². The molecule has 1 saturated heterocycles. The first kappa shape index (κ1) is 21.2. The number of nitrogens with zero attached hydrogens (tertiary/aromatic N) is 4. The highest BCUT2D eigenvalue weighted by atomic mass is 32.2. The van der Waals surface area contributed by atoms with E-state index in [0.29, 0.717) is 53.5 Å². The summed E-state index contributed by atoms with van der Waals surface area (Å²) in [7, 11) is -5.45. The number of H-pyrrole nitrogens is 1. The van der Waals surface area contributed by atoms with Gasteiger partial charge in [0.2, 0.25) is 5.95 Å². The SMILES string of the molecule is O=S(=O)(N1CCc2c(nc(N3CCOCC3)nc2-c2c[nH]c3ccccc23)C1)C(F)(F)F. The number of aromatic amines is 1. The van der Waals surface area contributed by atoms with Crippen LogP contribution in [0.1, 0.15) is 11.3 Å². The zero-order valence-corrected chi connectivity index (χ0v) is 17.7. The summed E-state index contributed by atoms with van der Waals surface area (Å²) < 4.78 is 69.3. The van der Waals surface area contributed by atoms with Crippen molar-refractivity contribution in [2.75, 3.05) is 37.7 Å². The third-order valence-electron chi connectivity index (χ3n) is 5.79. The summed E-state index contributed by atoms with van der Waals surface area (Å²) in [4.78, 5) is 14.4. The van der Waals surface area contributed by atoms with Crippen LogP contribution in [0.15, 0.2) is 30.5 Å². The number of anilines is 1. The van der Waals surface area contributed by atoms with E-state index in [4.69, 9.17) is 9.72 Å². The third kappa shape index (κ3) is 3.51. The van der Waals surface area contributed by atoms with Gasteiger partial charge >= 0.3 is 15.5 Å². The van der Waals surface area contributed by atoms with Crippen LogP contribution in [0.25, 0.3) is 22.2 Å². The van der Waals surface area contributed by atoms with Crippen LogP contribution in [0.5, 0.6) is 0 Å². The van der Waals surface area contributed by atoms with Crippen molar-refractivity contribution in [2.24, 2.45) is 0 Å². The number of halogens is 3. The van der Waals surface area contributed by atoms with Gasteiger partial charge in [-0.05, 0) is 12.5 Å². The van der Waals surface area contributed by atoms with E-state index < -0.39 is 22.1 Å². The molecule has 0 radical (unpaired) electrons. The lowest BCUT2D eigenvalue weighted by Gasteiger charge is -2.31. The van der Waals surface area contributed by atoms with Crippen LogP contribution in [-0.2, 0) is 27.7 Å². The molecule has 32 heavy (non-hydrogen) atoms. The molecule has 0 atom stereocenters. The Morgan fingerprint density at radius 1 is 1.06 bits per heavy atom. The molecule has 170 valence electrons. The monoisotopic (exact) mass is 467 g/mol. The van der Waals surface area contributed by atoms with Gasteiger partial charge in [0.1, 0.15) is 0 Å². The number of aromatic nitrogens is 3. The predicted molar refractivity (Wildman–Crippen MR) is 111 cm³/mol. The summed E-state index contributed by atoms with van der Waals surface area (Å²) in [5, 5.41) is 0.923. The molecule has 2 aromatic heterocycles. The van der Waals surface area contributed by atoms with Gasteiger partial charge in [-0.25, -0.2) is 18.4 Å². The number of rotatable bonds is 3. The van der Waals surface area contributed by atoms with Crippen molar-refractivity contribution >= 4 is 26.9 Å². The molecule has 3 aromatic rings. The number of alkyl halides is 3.